The van der Waals surface area contributed by atoms with Crippen molar-refractivity contribution in [2.45, 2.75) is 18.4 Å². The van der Waals surface area contributed by atoms with E-state index in [4.69, 9.17) is 13.9 Å². The summed E-state index contributed by atoms with van der Waals surface area (Å²) in [7, 11) is 2.95. The van der Waals surface area contributed by atoms with Gasteiger partial charge in [0.1, 0.15) is 0 Å². The third-order valence-electron chi connectivity index (χ3n) is 5.19. The van der Waals surface area contributed by atoms with Gasteiger partial charge in [-0.25, -0.2) is 4.98 Å². The average molecular weight is 383 g/mol. The van der Waals surface area contributed by atoms with Crippen LogP contribution in [0.4, 0.5) is 0 Å². The van der Waals surface area contributed by atoms with Crippen molar-refractivity contribution >= 4 is 16.7 Å². The van der Waals surface area contributed by atoms with E-state index < -0.39 is 5.60 Å². The Labute approximate surface area is 161 Å². The lowest BCUT2D eigenvalue weighted by Gasteiger charge is -2.38. The molecular formula is C20H21N3O5. The molecule has 0 unspecified atom stereocenters. The average Bonchev–Trinajstić information content (AvgIpc) is 3.17. The van der Waals surface area contributed by atoms with Gasteiger partial charge >= 0.3 is 6.01 Å². The van der Waals surface area contributed by atoms with E-state index >= 15 is 0 Å². The number of ether oxygens (including phenoxy) is 2. The van der Waals surface area contributed by atoms with E-state index in [1.54, 1.807) is 11.2 Å². The summed E-state index contributed by atoms with van der Waals surface area (Å²) in [5.41, 5.74) is -0.689. The molecule has 0 saturated carbocycles. The van der Waals surface area contributed by atoms with Crippen LogP contribution in [-0.4, -0.2) is 53.2 Å². The summed E-state index contributed by atoms with van der Waals surface area (Å²) >= 11 is 0. The SMILES string of the molecule is COc1ncc(C2(O)CCN(C(=O)c3occ4ccccc34)CC2)c(OC)n1. The minimum absolute atomic E-state index is 0.168. The molecule has 8 nitrogen and oxygen atoms in total. The molecule has 1 saturated heterocycles. The number of furan rings is 1. The smallest absolute Gasteiger partial charge is 0.319 e. The molecule has 0 atom stereocenters. The molecule has 3 heterocycles. The molecule has 4 rings (SSSR count). The standard InChI is InChI=1S/C20H21N3O5/c1-26-17-15(11-21-19(22-17)27-2)20(25)7-9-23(10-8-20)18(24)16-14-6-4-3-5-13(14)12-28-16/h3-6,11-12,25H,7-10H2,1-2H3. The number of piperidine rings is 1. The molecule has 1 fully saturated rings. The number of benzene rings is 1. The summed E-state index contributed by atoms with van der Waals surface area (Å²) in [4.78, 5) is 22.8. The molecule has 1 N–H and O–H groups in total. The fraction of sp³-hybridized carbons (Fsp3) is 0.350. The van der Waals surface area contributed by atoms with Gasteiger partial charge in [0.2, 0.25) is 5.88 Å². The first kappa shape index (κ1) is 18.2. The molecule has 0 radical (unpaired) electrons. The van der Waals surface area contributed by atoms with E-state index in [1.165, 1.54) is 20.4 Å². The topological polar surface area (TPSA) is 97.9 Å². The second-order valence-corrected chi connectivity index (χ2v) is 6.76. The Morgan fingerprint density at radius 3 is 2.68 bits per heavy atom. The highest BCUT2D eigenvalue weighted by atomic mass is 16.5. The first-order valence-electron chi connectivity index (χ1n) is 8.99. The largest absolute Gasteiger partial charge is 0.481 e. The van der Waals surface area contributed by atoms with E-state index in [2.05, 4.69) is 9.97 Å². The summed E-state index contributed by atoms with van der Waals surface area (Å²) in [5.74, 6) is 0.416. The molecule has 1 aromatic carbocycles. The van der Waals surface area contributed by atoms with Crippen LogP contribution in [0.5, 0.6) is 11.9 Å². The number of hydrogen-bond donors (Lipinski definition) is 1. The molecule has 28 heavy (non-hydrogen) atoms. The molecule has 3 aromatic rings. The number of carbonyl (C=O) groups is 1. The summed E-state index contributed by atoms with van der Waals surface area (Å²) in [6.45, 7) is 0.749. The number of rotatable bonds is 4. The van der Waals surface area contributed by atoms with Crippen LogP contribution in [-0.2, 0) is 5.60 Å². The lowest BCUT2D eigenvalue weighted by Crippen LogP contribution is -2.45. The Morgan fingerprint density at radius 2 is 1.96 bits per heavy atom. The molecule has 2 aromatic heterocycles. The van der Waals surface area contributed by atoms with Gasteiger partial charge in [0, 0.05) is 30.1 Å². The normalized spacial score (nSPS) is 16.2. The van der Waals surface area contributed by atoms with Crippen LogP contribution in [0.2, 0.25) is 0 Å². The molecule has 1 aliphatic heterocycles. The molecule has 8 heteroatoms. The second-order valence-electron chi connectivity index (χ2n) is 6.76. The zero-order valence-corrected chi connectivity index (χ0v) is 15.7. The lowest BCUT2D eigenvalue weighted by atomic mass is 9.85. The van der Waals surface area contributed by atoms with Gasteiger partial charge in [-0.2, -0.15) is 4.98 Å². The van der Waals surface area contributed by atoms with Gasteiger partial charge in [0.15, 0.2) is 5.76 Å². The predicted molar refractivity (Wildman–Crippen MR) is 100 cm³/mol. The summed E-state index contributed by atoms with van der Waals surface area (Å²) < 4.78 is 15.8. The number of nitrogens with zero attached hydrogens (tertiary/aromatic N) is 3. The molecule has 1 amide bonds. The van der Waals surface area contributed by atoms with Crippen molar-refractivity contribution < 1.29 is 23.8 Å². The maximum atomic E-state index is 12.9. The number of methoxy groups -OCH3 is 2. The van der Waals surface area contributed by atoms with E-state index in [-0.39, 0.29) is 17.8 Å². The lowest BCUT2D eigenvalue weighted by molar-refractivity contribution is -0.0239. The number of amides is 1. The second kappa shape index (κ2) is 7.12. The van der Waals surface area contributed by atoms with Crippen molar-refractivity contribution in [3.8, 4) is 11.9 Å². The first-order valence-corrected chi connectivity index (χ1v) is 8.99. The molecule has 1 aliphatic rings. The minimum Gasteiger partial charge on any atom is -0.481 e. The van der Waals surface area contributed by atoms with Crippen LogP contribution < -0.4 is 9.47 Å². The van der Waals surface area contributed by atoms with E-state index in [9.17, 15) is 9.90 Å². The number of likely N-dealkylation sites (tertiary alicyclic amines) is 1. The van der Waals surface area contributed by atoms with Crippen LogP contribution in [0.25, 0.3) is 10.8 Å². The van der Waals surface area contributed by atoms with E-state index in [0.717, 1.165) is 10.8 Å². The fourth-order valence-corrected chi connectivity index (χ4v) is 3.57. The maximum Gasteiger partial charge on any atom is 0.319 e. The Morgan fingerprint density at radius 1 is 1.21 bits per heavy atom. The van der Waals surface area contributed by atoms with Gasteiger partial charge in [-0.05, 0) is 12.8 Å². The third kappa shape index (κ3) is 3.05. The molecule has 0 spiro atoms. The maximum absolute atomic E-state index is 12.9. The van der Waals surface area contributed by atoms with Gasteiger partial charge in [-0.15, -0.1) is 0 Å². The van der Waals surface area contributed by atoms with Crippen molar-refractivity contribution in [2.24, 2.45) is 0 Å². The van der Waals surface area contributed by atoms with Crippen LogP contribution in [0.3, 0.4) is 0 Å². The van der Waals surface area contributed by atoms with Crippen molar-refractivity contribution in [1.82, 2.24) is 14.9 Å². The Kier molecular flexibility index (Phi) is 4.64. The predicted octanol–water partition coefficient (Wildman–Crippen LogP) is 2.36. The zero-order chi connectivity index (χ0) is 19.7. The number of hydrogen-bond acceptors (Lipinski definition) is 7. The van der Waals surface area contributed by atoms with Crippen molar-refractivity contribution in [2.75, 3.05) is 27.3 Å². The summed E-state index contributed by atoms with van der Waals surface area (Å²) in [5, 5.41) is 12.8. The zero-order valence-electron chi connectivity index (χ0n) is 15.7. The number of fused-ring (bicyclic) bond motifs is 1. The van der Waals surface area contributed by atoms with Gasteiger partial charge < -0.3 is 23.9 Å². The van der Waals surface area contributed by atoms with Gasteiger partial charge in [0.05, 0.1) is 31.6 Å². The Balaban J connectivity index is 1.53. The van der Waals surface area contributed by atoms with Gasteiger partial charge in [-0.1, -0.05) is 24.3 Å². The molecule has 146 valence electrons. The number of aliphatic hydroxyl groups is 1. The quantitative estimate of drug-likeness (QED) is 0.738. The van der Waals surface area contributed by atoms with Crippen LogP contribution in [0.1, 0.15) is 29.0 Å². The molecular weight excluding hydrogens is 362 g/mol. The highest BCUT2D eigenvalue weighted by molar-refractivity contribution is 6.04. The van der Waals surface area contributed by atoms with Crippen LogP contribution in [0, 0.1) is 0 Å². The highest BCUT2D eigenvalue weighted by Gasteiger charge is 2.39. The molecule has 0 aliphatic carbocycles. The van der Waals surface area contributed by atoms with Gasteiger partial charge in [-0.3, -0.25) is 4.79 Å². The van der Waals surface area contributed by atoms with Gasteiger partial charge in [0.25, 0.3) is 5.91 Å². The number of aromatic nitrogens is 2. The van der Waals surface area contributed by atoms with Crippen LogP contribution >= 0.6 is 0 Å². The highest BCUT2D eigenvalue weighted by Crippen LogP contribution is 2.38. The molecule has 0 bridgehead atoms. The van der Waals surface area contributed by atoms with E-state index in [0.29, 0.717) is 37.3 Å². The first-order chi connectivity index (χ1) is 13.6. The Hall–Kier alpha value is -3.13. The Bertz CT molecular complexity index is 1010. The summed E-state index contributed by atoms with van der Waals surface area (Å²) in [6, 6.07) is 7.71. The third-order valence-corrected chi connectivity index (χ3v) is 5.19. The van der Waals surface area contributed by atoms with E-state index in [1.807, 2.05) is 24.3 Å². The monoisotopic (exact) mass is 383 g/mol. The van der Waals surface area contributed by atoms with Crippen LogP contribution in [0.15, 0.2) is 41.1 Å². The minimum atomic E-state index is -1.18. The van der Waals surface area contributed by atoms with Crippen molar-refractivity contribution in [1.29, 1.82) is 0 Å². The fourth-order valence-electron chi connectivity index (χ4n) is 3.57. The number of carbonyl (C=O) groups excluding carboxylic acids is 1. The van der Waals surface area contributed by atoms with Crippen molar-refractivity contribution in [3.05, 3.63) is 48.0 Å². The summed E-state index contributed by atoms with van der Waals surface area (Å²) in [6.07, 6.45) is 3.78. The van der Waals surface area contributed by atoms with Crippen molar-refractivity contribution in [3.63, 3.8) is 0 Å².